The Morgan fingerprint density at radius 3 is 1.64 bits per heavy atom. The molecule has 14 nitrogen and oxygen atoms in total. The number of nitrogens with one attached hydrogen (secondary N) is 4. The molecule has 5 aromatic rings. The lowest BCUT2D eigenvalue weighted by atomic mass is 10.0. The Morgan fingerprint density at radius 2 is 1.14 bits per heavy atom. The van der Waals surface area contributed by atoms with Gasteiger partial charge in [0.15, 0.2) is 0 Å². The molecule has 4 aromatic heterocycles. The molecule has 7 rings (SSSR count). The normalized spacial score (nSPS) is 18.1. The van der Waals surface area contributed by atoms with E-state index >= 15 is 0 Å². The maximum absolute atomic E-state index is 13.6. The molecule has 0 aliphatic carbocycles. The lowest BCUT2D eigenvalue weighted by Crippen LogP contribution is -2.51. The topological polar surface area (TPSA) is 175 Å². The van der Waals surface area contributed by atoms with Gasteiger partial charge in [-0.05, 0) is 48.6 Å². The van der Waals surface area contributed by atoms with Crippen molar-refractivity contribution in [3.8, 4) is 33.6 Å². The number of nitrogens with zero attached hydrogens (tertiary/aromatic N) is 4. The van der Waals surface area contributed by atoms with Crippen LogP contribution in [-0.4, -0.2) is 93.1 Å². The van der Waals surface area contributed by atoms with Gasteiger partial charge in [0.1, 0.15) is 23.7 Å². The van der Waals surface area contributed by atoms with E-state index in [2.05, 4.69) is 55.6 Å². The van der Waals surface area contributed by atoms with Crippen molar-refractivity contribution in [1.82, 2.24) is 40.4 Å². The first-order chi connectivity index (χ1) is 27.0. The van der Waals surface area contributed by atoms with Gasteiger partial charge < -0.3 is 39.9 Å². The van der Waals surface area contributed by atoms with E-state index in [4.69, 9.17) is 19.4 Å². The van der Waals surface area contributed by atoms with E-state index in [1.54, 1.807) is 22.7 Å². The van der Waals surface area contributed by atoms with Crippen molar-refractivity contribution in [1.29, 1.82) is 0 Å². The number of amides is 4. The van der Waals surface area contributed by atoms with Gasteiger partial charge in [0.2, 0.25) is 11.8 Å². The van der Waals surface area contributed by atoms with Crippen LogP contribution in [0.1, 0.15) is 77.1 Å². The third kappa shape index (κ3) is 7.63. The molecule has 0 bridgehead atoms. The maximum Gasteiger partial charge on any atom is 0.407 e. The SMILES string of the molecule is COC(=O)N[C@H](C(=O)N1CCC[C@H]1c1ncc(-c2ccc(-c3csc4c(-c5cnc([C@@H]6CCCN6C(=O)[C@@H](NC(=O)OC)C(C)C)[nH]5)csc34)cc2)[nH]1)C(C)C. The minimum absolute atomic E-state index is 0.105. The number of imidazole rings is 2. The molecule has 0 unspecified atom stereocenters. The van der Waals surface area contributed by atoms with Crippen molar-refractivity contribution in [3.63, 3.8) is 0 Å². The van der Waals surface area contributed by atoms with Crippen LogP contribution in [0.25, 0.3) is 43.0 Å². The van der Waals surface area contributed by atoms with E-state index < -0.39 is 24.3 Å². The highest BCUT2D eigenvalue weighted by Gasteiger charge is 2.39. The van der Waals surface area contributed by atoms with Crippen LogP contribution >= 0.6 is 22.7 Å². The van der Waals surface area contributed by atoms with Gasteiger partial charge in [0.25, 0.3) is 0 Å². The maximum atomic E-state index is 13.6. The molecule has 0 radical (unpaired) electrons. The number of carbonyl (C=O) groups is 4. The molecule has 2 fully saturated rings. The van der Waals surface area contributed by atoms with Gasteiger partial charge in [0, 0.05) is 35.0 Å². The average molecular weight is 801 g/mol. The molecule has 2 saturated heterocycles. The molecule has 0 saturated carbocycles. The summed E-state index contributed by atoms with van der Waals surface area (Å²) in [4.78, 5) is 71.2. The smallest absolute Gasteiger partial charge is 0.407 e. The van der Waals surface area contributed by atoms with Crippen LogP contribution in [0, 0.1) is 11.8 Å². The second-order valence-corrected chi connectivity index (χ2v) is 16.8. The van der Waals surface area contributed by atoms with Crippen LogP contribution in [-0.2, 0) is 19.1 Å². The van der Waals surface area contributed by atoms with Gasteiger partial charge in [-0.2, -0.15) is 0 Å². The lowest BCUT2D eigenvalue weighted by Gasteiger charge is -2.30. The molecule has 6 heterocycles. The van der Waals surface area contributed by atoms with Crippen molar-refractivity contribution in [2.75, 3.05) is 27.3 Å². The average Bonchev–Trinajstić information content (AvgIpc) is 4.04. The van der Waals surface area contributed by atoms with Crippen molar-refractivity contribution in [2.45, 2.75) is 77.5 Å². The van der Waals surface area contributed by atoms with Gasteiger partial charge in [-0.25, -0.2) is 19.6 Å². The van der Waals surface area contributed by atoms with Gasteiger partial charge in [-0.3, -0.25) is 9.59 Å². The summed E-state index contributed by atoms with van der Waals surface area (Å²) in [5.41, 5.74) is 6.08. The molecule has 4 atom stereocenters. The Bertz CT molecular complexity index is 2200. The molecule has 2 aliphatic heterocycles. The monoisotopic (exact) mass is 800 g/mol. The molecule has 0 spiro atoms. The lowest BCUT2D eigenvalue weighted by molar-refractivity contribution is -0.136. The first-order valence-corrected chi connectivity index (χ1v) is 20.7. The van der Waals surface area contributed by atoms with E-state index in [0.717, 1.165) is 71.0 Å². The number of methoxy groups -OCH3 is 2. The molecule has 1 aromatic carbocycles. The van der Waals surface area contributed by atoms with Crippen LogP contribution in [0.15, 0.2) is 47.4 Å². The molecular weight excluding hydrogens is 753 g/mol. The number of fused-ring (bicyclic) bond motifs is 1. The fourth-order valence-electron chi connectivity index (χ4n) is 7.72. The van der Waals surface area contributed by atoms with Gasteiger partial charge >= 0.3 is 12.2 Å². The quantitative estimate of drug-likeness (QED) is 0.106. The van der Waals surface area contributed by atoms with Gasteiger partial charge in [-0.1, -0.05) is 52.0 Å². The van der Waals surface area contributed by atoms with E-state index in [1.807, 2.05) is 49.9 Å². The minimum Gasteiger partial charge on any atom is -0.453 e. The standard InChI is InChI=1S/C40H48N8O6S2/c1-21(2)31(45-39(51)53-5)37(49)47-15-7-9-29(47)35-41-17-27(43-35)24-13-11-23(12-14-24)25-19-55-34-26(20-56-33(25)34)28-18-42-36(44-28)30-10-8-16-48(30)38(50)32(22(3)4)46-40(52)54-6/h11-14,17-22,29-32H,7-10,15-16H2,1-6H3,(H,41,43)(H,42,44)(H,45,51)(H,46,52)/t29-,30-,31-,32-/m0/s1. The zero-order chi connectivity index (χ0) is 39.7. The third-order valence-corrected chi connectivity index (χ3v) is 12.9. The van der Waals surface area contributed by atoms with Crippen LogP contribution in [0.4, 0.5) is 9.59 Å². The Kier molecular flexibility index (Phi) is 11.5. The van der Waals surface area contributed by atoms with Crippen LogP contribution in [0.2, 0.25) is 0 Å². The van der Waals surface area contributed by atoms with Crippen LogP contribution in [0.5, 0.6) is 0 Å². The van der Waals surface area contributed by atoms with Gasteiger partial charge in [-0.15, -0.1) is 22.7 Å². The number of thiophene rings is 2. The number of likely N-dealkylation sites (tertiary alicyclic amines) is 2. The zero-order valence-corrected chi connectivity index (χ0v) is 34.0. The summed E-state index contributed by atoms with van der Waals surface area (Å²) in [6.07, 6.45) is 5.68. The summed E-state index contributed by atoms with van der Waals surface area (Å²) in [6, 6.07) is 6.61. The number of hydrogen-bond acceptors (Lipinski definition) is 10. The molecule has 4 amide bonds. The summed E-state index contributed by atoms with van der Waals surface area (Å²) >= 11 is 3.39. The number of carbonyl (C=O) groups excluding carboxylic acids is 4. The highest BCUT2D eigenvalue weighted by atomic mass is 32.1. The minimum atomic E-state index is -0.688. The number of rotatable bonds is 11. The van der Waals surface area contributed by atoms with Crippen LogP contribution < -0.4 is 10.6 Å². The summed E-state index contributed by atoms with van der Waals surface area (Å²) < 4.78 is 11.9. The second-order valence-electron chi connectivity index (χ2n) is 15.0. The molecular formula is C40H48N8O6S2. The molecule has 296 valence electrons. The predicted molar refractivity (Wildman–Crippen MR) is 216 cm³/mol. The second kappa shape index (κ2) is 16.5. The largest absolute Gasteiger partial charge is 0.453 e. The van der Waals surface area contributed by atoms with Gasteiger partial charge in [0.05, 0.1) is 59.5 Å². The number of ether oxygens (including phenoxy) is 2. The Labute approximate surface area is 333 Å². The number of H-pyrrole nitrogens is 2. The molecule has 16 heteroatoms. The van der Waals surface area contributed by atoms with E-state index in [-0.39, 0.29) is 35.7 Å². The van der Waals surface area contributed by atoms with Crippen molar-refractivity contribution in [2.24, 2.45) is 11.8 Å². The van der Waals surface area contributed by atoms with E-state index in [9.17, 15) is 19.2 Å². The van der Waals surface area contributed by atoms with E-state index in [0.29, 0.717) is 13.1 Å². The zero-order valence-electron chi connectivity index (χ0n) is 32.4. The number of alkyl carbamates (subject to hydrolysis) is 2. The summed E-state index contributed by atoms with van der Waals surface area (Å²) in [5, 5.41) is 9.75. The number of aromatic amines is 2. The number of hydrogen-bond donors (Lipinski definition) is 4. The fraction of sp³-hybridized carbons (Fsp3) is 0.450. The Balaban J connectivity index is 1.05. The number of benzene rings is 1. The Morgan fingerprint density at radius 1 is 0.696 bits per heavy atom. The number of aromatic nitrogens is 4. The highest BCUT2D eigenvalue weighted by Crippen LogP contribution is 2.44. The van der Waals surface area contributed by atoms with Crippen molar-refractivity contribution >= 4 is 56.1 Å². The fourth-order valence-corrected chi connectivity index (χ4v) is 10.2. The Hall–Kier alpha value is -5.22. The summed E-state index contributed by atoms with van der Waals surface area (Å²) in [6.45, 7) is 8.81. The summed E-state index contributed by atoms with van der Waals surface area (Å²) in [7, 11) is 2.59. The van der Waals surface area contributed by atoms with Crippen molar-refractivity contribution in [3.05, 3.63) is 59.1 Å². The first kappa shape index (κ1) is 39.0. The molecule has 2 aliphatic rings. The first-order valence-electron chi connectivity index (χ1n) is 19.0. The van der Waals surface area contributed by atoms with Crippen molar-refractivity contribution < 1.29 is 28.7 Å². The highest BCUT2D eigenvalue weighted by molar-refractivity contribution is 7.27. The summed E-state index contributed by atoms with van der Waals surface area (Å²) in [5.74, 6) is 0.982. The van der Waals surface area contributed by atoms with E-state index in [1.165, 1.54) is 23.6 Å². The third-order valence-electron chi connectivity index (χ3n) is 10.8. The molecule has 4 N–H and O–H groups in total. The molecule has 56 heavy (non-hydrogen) atoms. The van der Waals surface area contributed by atoms with Crippen LogP contribution in [0.3, 0.4) is 0 Å². The predicted octanol–water partition coefficient (Wildman–Crippen LogP) is 7.50.